The predicted molar refractivity (Wildman–Crippen MR) is 126 cm³/mol. The lowest BCUT2D eigenvalue weighted by Crippen LogP contribution is -2.45. The highest BCUT2D eigenvalue weighted by Gasteiger charge is 2.48. The Labute approximate surface area is 180 Å². The van der Waals surface area contributed by atoms with Crippen molar-refractivity contribution in [3.05, 3.63) is 77.4 Å². The molecule has 0 heterocycles. The molecule has 4 saturated carbocycles. The second kappa shape index (κ2) is 6.58. The smallest absolute Gasteiger partial charge is 0.00575 e. The Kier molecular flexibility index (Phi) is 3.80. The average Bonchev–Trinajstić information content (AvgIpc) is 3.18. The summed E-state index contributed by atoms with van der Waals surface area (Å²) in [6.45, 7) is 0. The first-order valence-corrected chi connectivity index (χ1v) is 12.1. The second-order valence-corrected chi connectivity index (χ2v) is 10.7. The minimum Gasteiger partial charge on any atom is -0.0649 e. The van der Waals surface area contributed by atoms with Crippen LogP contribution < -0.4 is 0 Å². The van der Waals surface area contributed by atoms with Crippen LogP contribution in [0.25, 0.3) is 28.0 Å². The molecule has 3 aromatic carbocycles. The Hall–Kier alpha value is -2.34. The van der Waals surface area contributed by atoms with Crippen molar-refractivity contribution in [2.75, 3.05) is 0 Å². The fourth-order valence-corrected chi connectivity index (χ4v) is 7.94. The van der Waals surface area contributed by atoms with E-state index in [0.717, 1.165) is 29.6 Å². The summed E-state index contributed by atoms with van der Waals surface area (Å²) in [7, 11) is 0. The molecule has 4 fully saturated rings. The zero-order valence-electron chi connectivity index (χ0n) is 17.7. The zero-order chi connectivity index (χ0) is 19.7. The Balaban J connectivity index is 1.24. The van der Waals surface area contributed by atoms with Crippen LogP contribution in [0.4, 0.5) is 0 Å². The third-order valence-corrected chi connectivity index (χ3v) is 8.96. The molecule has 0 aromatic heterocycles. The molecule has 30 heavy (non-hydrogen) atoms. The van der Waals surface area contributed by atoms with E-state index in [0.29, 0.717) is 0 Å². The molecule has 0 heteroatoms. The number of fused-ring (bicyclic) bond motifs is 2. The molecule has 0 nitrogen and oxygen atoms in total. The third-order valence-electron chi connectivity index (χ3n) is 8.96. The van der Waals surface area contributed by atoms with Gasteiger partial charge >= 0.3 is 0 Å². The first-order valence-electron chi connectivity index (χ1n) is 12.1. The lowest BCUT2D eigenvalue weighted by Gasteiger charge is -2.54. The Bertz CT molecular complexity index is 1130. The van der Waals surface area contributed by atoms with Crippen LogP contribution in [0.2, 0.25) is 0 Å². The van der Waals surface area contributed by atoms with Gasteiger partial charge in [0.25, 0.3) is 0 Å². The fourth-order valence-electron chi connectivity index (χ4n) is 7.94. The van der Waals surface area contributed by atoms with E-state index in [9.17, 15) is 0 Å². The minimum atomic E-state index is 0.972. The van der Waals surface area contributed by atoms with Gasteiger partial charge in [0.15, 0.2) is 0 Å². The largest absolute Gasteiger partial charge is 0.0649 e. The van der Waals surface area contributed by atoms with Crippen LogP contribution in [0.3, 0.4) is 0 Å². The van der Waals surface area contributed by atoms with Gasteiger partial charge in [-0.15, -0.1) is 0 Å². The van der Waals surface area contributed by atoms with Gasteiger partial charge in [-0.2, -0.15) is 0 Å². The van der Waals surface area contributed by atoms with Crippen LogP contribution in [-0.4, -0.2) is 0 Å². The molecule has 0 saturated heterocycles. The summed E-state index contributed by atoms with van der Waals surface area (Å²) in [5.74, 6) is 5.19. The molecule has 0 radical (unpaired) electrons. The summed E-state index contributed by atoms with van der Waals surface area (Å²) >= 11 is 0. The van der Waals surface area contributed by atoms with Gasteiger partial charge in [-0.1, -0.05) is 72.3 Å². The number of rotatable bonds is 3. The van der Waals surface area contributed by atoms with Gasteiger partial charge in [-0.3, -0.25) is 0 Å². The van der Waals surface area contributed by atoms with Crippen molar-refractivity contribution in [1.29, 1.82) is 0 Å². The first kappa shape index (κ1) is 17.4. The van der Waals surface area contributed by atoms with Gasteiger partial charge in [-0.05, 0) is 108 Å². The van der Waals surface area contributed by atoms with Crippen LogP contribution in [0.15, 0.2) is 66.2 Å². The molecule has 0 amide bonds. The lowest BCUT2D eigenvalue weighted by molar-refractivity contribution is -0.0360. The molecule has 5 aliphatic rings. The van der Waals surface area contributed by atoms with Gasteiger partial charge in [0.2, 0.25) is 0 Å². The lowest BCUT2D eigenvalue weighted by atomic mass is 9.51. The SMILES string of the molecule is C1=C(CC2C3CC4CC(C3)CC2C4)Cc2cccc(-c3cccc4ccccc34)c21. The Morgan fingerprint density at radius 2 is 1.37 bits per heavy atom. The molecule has 0 N–H and O–H groups in total. The normalized spacial score (nSPS) is 31.2. The van der Waals surface area contributed by atoms with Gasteiger partial charge in [-0.25, -0.2) is 0 Å². The fraction of sp³-hybridized carbons (Fsp3) is 0.400. The van der Waals surface area contributed by atoms with E-state index < -0.39 is 0 Å². The van der Waals surface area contributed by atoms with Crippen LogP contribution in [-0.2, 0) is 6.42 Å². The van der Waals surface area contributed by atoms with Crippen LogP contribution in [0.1, 0.15) is 49.7 Å². The van der Waals surface area contributed by atoms with Crippen LogP contribution in [0.5, 0.6) is 0 Å². The predicted octanol–water partition coefficient (Wildman–Crippen LogP) is 7.91. The van der Waals surface area contributed by atoms with E-state index in [1.807, 2.05) is 0 Å². The van der Waals surface area contributed by atoms with Crippen molar-refractivity contribution >= 4 is 16.8 Å². The average molecular weight is 391 g/mol. The van der Waals surface area contributed by atoms with Crippen molar-refractivity contribution in [3.63, 3.8) is 0 Å². The first-order chi connectivity index (χ1) is 14.8. The quantitative estimate of drug-likeness (QED) is 0.426. The number of hydrogen-bond acceptors (Lipinski definition) is 0. The highest BCUT2D eigenvalue weighted by atomic mass is 14.5. The van der Waals surface area contributed by atoms with E-state index in [2.05, 4.69) is 66.7 Å². The Morgan fingerprint density at radius 1 is 0.667 bits per heavy atom. The van der Waals surface area contributed by atoms with Gasteiger partial charge in [0.05, 0.1) is 0 Å². The molecule has 3 aromatic rings. The molecule has 0 spiro atoms. The maximum Gasteiger partial charge on any atom is -0.00575 e. The topological polar surface area (TPSA) is 0 Å². The molecule has 0 unspecified atom stereocenters. The van der Waals surface area contributed by atoms with E-state index >= 15 is 0 Å². The van der Waals surface area contributed by atoms with E-state index in [4.69, 9.17) is 0 Å². The number of allylic oxidation sites excluding steroid dienone is 1. The van der Waals surface area contributed by atoms with E-state index in [1.54, 1.807) is 43.2 Å². The highest BCUT2D eigenvalue weighted by Crippen LogP contribution is 2.58. The van der Waals surface area contributed by atoms with Crippen LogP contribution >= 0.6 is 0 Å². The molecule has 8 rings (SSSR count). The van der Waals surface area contributed by atoms with Crippen molar-refractivity contribution < 1.29 is 0 Å². The molecule has 0 aliphatic heterocycles. The molecule has 4 bridgehead atoms. The summed E-state index contributed by atoms with van der Waals surface area (Å²) in [5.41, 5.74) is 7.54. The van der Waals surface area contributed by atoms with Crippen LogP contribution in [0, 0.1) is 29.6 Å². The van der Waals surface area contributed by atoms with E-state index in [-0.39, 0.29) is 0 Å². The maximum atomic E-state index is 2.58. The number of hydrogen-bond donors (Lipinski definition) is 0. The second-order valence-electron chi connectivity index (χ2n) is 10.7. The minimum absolute atomic E-state index is 0.972. The van der Waals surface area contributed by atoms with Gasteiger partial charge in [0.1, 0.15) is 0 Å². The standard InChI is InChI=1S/C30H30/c1-2-8-26-22(5-1)6-3-9-27(26)28-10-4-7-23-12-21(18-30(23)28)17-29-24-13-19-11-20(15-24)16-25(29)14-19/h1-10,18-20,24-25,29H,11-17H2. The molecule has 150 valence electrons. The molecule has 5 aliphatic carbocycles. The summed E-state index contributed by atoms with van der Waals surface area (Å²) in [6.07, 6.45) is 12.8. The monoisotopic (exact) mass is 390 g/mol. The summed E-state index contributed by atoms with van der Waals surface area (Å²) in [5, 5.41) is 2.71. The van der Waals surface area contributed by atoms with Crippen molar-refractivity contribution in [1.82, 2.24) is 0 Å². The summed E-state index contributed by atoms with van der Waals surface area (Å²) in [6, 6.07) is 22.5. The zero-order valence-corrected chi connectivity index (χ0v) is 17.7. The number of benzene rings is 3. The third kappa shape index (κ3) is 2.66. The molecule has 0 atom stereocenters. The van der Waals surface area contributed by atoms with Gasteiger partial charge < -0.3 is 0 Å². The summed E-state index contributed by atoms with van der Waals surface area (Å²) in [4.78, 5) is 0. The Morgan fingerprint density at radius 3 is 2.20 bits per heavy atom. The molecular formula is C30H30. The summed E-state index contributed by atoms with van der Waals surface area (Å²) < 4.78 is 0. The van der Waals surface area contributed by atoms with Gasteiger partial charge in [0, 0.05) is 0 Å². The molecular weight excluding hydrogens is 360 g/mol. The van der Waals surface area contributed by atoms with E-state index in [1.165, 1.54) is 40.3 Å². The maximum absolute atomic E-state index is 2.58. The highest BCUT2D eigenvalue weighted by molar-refractivity contribution is 5.99. The van der Waals surface area contributed by atoms with Crippen molar-refractivity contribution in [2.45, 2.75) is 44.9 Å². The van der Waals surface area contributed by atoms with Crippen molar-refractivity contribution in [2.24, 2.45) is 29.6 Å². The van der Waals surface area contributed by atoms with Crippen molar-refractivity contribution in [3.8, 4) is 11.1 Å².